The minimum atomic E-state index is -0.809. The van der Waals surface area contributed by atoms with Crippen molar-refractivity contribution in [1.82, 2.24) is 0 Å². The summed E-state index contributed by atoms with van der Waals surface area (Å²) in [7, 11) is 0. The van der Waals surface area contributed by atoms with Gasteiger partial charge in [-0.25, -0.2) is 0 Å². The fourth-order valence-corrected chi connectivity index (χ4v) is 0.375. The molecule has 0 aromatic heterocycles. The fourth-order valence-electron chi connectivity index (χ4n) is 0.375. The molecule has 0 unspecified atom stereocenters. The van der Waals surface area contributed by atoms with E-state index in [2.05, 4.69) is 0 Å². The highest BCUT2D eigenvalue weighted by Gasteiger charge is 2.05. The van der Waals surface area contributed by atoms with E-state index in [1.807, 2.05) is 0 Å². The van der Waals surface area contributed by atoms with Crippen LogP contribution in [0.25, 0.3) is 0 Å². The van der Waals surface area contributed by atoms with Crippen molar-refractivity contribution >= 4 is 0 Å². The number of aliphatic hydroxyl groups excluding tert-OH is 1. The van der Waals surface area contributed by atoms with Crippen molar-refractivity contribution in [1.29, 1.82) is 0 Å². The summed E-state index contributed by atoms with van der Waals surface area (Å²) >= 11 is 0. The lowest BCUT2D eigenvalue weighted by Crippen LogP contribution is -2.14. The third kappa shape index (κ3) is 7.66. The van der Waals surface area contributed by atoms with E-state index in [1.54, 1.807) is 32.9 Å². The van der Waals surface area contributed by atoms with Crippen molar-refractivity contribution in [3.8, 4) is 0 Å². The molecule has 1 atom stereocenters. The zero-order valence-electron chi connectivity index (χ0n) is 6.13. The van der Waals surface area contributed by atoms with E-state index in [4.69, 9.17) is 10.2 Å². The predicted molar refractivity (Wildman–Crippen MR) is 37.1 cm³/mol. The van der Waals surface area contributed by atoms with Gasteiger partial charge in [-0.2, -0.15) is 0 Å². The van der Waals surface area contributed by atoms with E-state index < -0.39 is 11.7 Å². The normalized spacial score (nSPS) is 16.6. The van der Waals surface area contributed by atoms with Crippen LogP contribution in [0.4, 0.5) is 0 Å². The van der Waals surface area contributed by atoms with Crippen molar-refractivity contribution in [2.24, 2.45) is 0 Å². The zero-order valence-corrected chi connectivity index (χ0v) is 6.13. The Kier molecular flexibility index (Phi) is 2.88. The van der Waals surface area contributed by atoms with Gasteiger partial charge in [-0.1, -0.05) is 12.2 Å². The quantitative estimate of drug-likeness (QED) is 0.540. The summed E-state index contributed by atoms with van der Waals surface area (Å²) in [5.41, 5.74) is -0.809. The van der Waals surface area contributed by atoms with Crippen molar-refractivity contribution < 1.29 is 10.2 Å². The largest absolute Gasteiger partial charge is 0.389 e. The molecule has 0 radical (unpaired) electrons. The monoisotopic (exact) mass is 130 g/mol. The second kappa shape index (κ2) is 2.99. The van der Waals surface area contributed by atoms with Crippen LogP contribution in [0.15, 0.2) is 12.2 Å². The molecule has 0 amide bonds. The number of hydrogen-bond donors (Lipinski definition) is 2. The first-order valence-electron chi connectivity index (χ1n) is 3.01. The molecule has 0 bridgehead atoms. The number of hydrogen-bond acceptors (Lipinski definition) is 2. The maximum atomic E-state index is 9.07. The minimum absolute atomic E-state index is 0.476. The lowest BCUT2D eigenvalue weighted by molar-refractivity contribution is 0.130. The van der Waals surface area contributed by atoms with Crippen molar-refractivity contribution in [2.75, 3.05) is 0 Å². The topological polar surface area (TPSA) is 40.5 Å². The minimum Gasteiger partial charge on any atom is -0.389 e. The molecule has 0 rings (SSSR count). The molecule has 0 aromatic rings. The van der Waals surface area contributed by atoms with Crippen LogP contribution in [0.3, 0.4) is 0 Å². The molecule has 0 spiro atoms. The summed E-state index contributed by atoms with van der Waals surface area (Å²) in [4.78, 5) is 0. The summed E-state index contributed by atoms with van der Waals surface area (Å²) in [5, 5.41) is 17.8. The Morgan fingerprint density at radius 1 is 1.44 bits per heavy atom. The Hall–Kier alpha value is -0.340. The van der Waals surface area contributed by atoms with Gasteiger partial charge in [0.05, 0.1) is 11.7 Å². The van der Waals surface area contributed by atoms with E-state index in [9.17, 15) is 0 Å². The molecule has 0 fully saturated rings. The molecule has 0 aromatic carbocycles. The van der Waals surface area contributed by atoms with Gasteiger partial charge in [-0.3, -0.25) is 0 Å². The molecule has 0 saturated carbocycles. The molecule has 0 aliphatic carbocycles. The zero-order chi connectivity index (χ0) is 7.49. The SMILES string of the molecule is C[C@@H](O)/C=C/C(C)(C)O. The Bertz CT molecular complexity index is 98.0. The molecule has 2 heteroatoms. The fraction of sp³-hybridized carbons (Fsp3) is 0.714. The summed E-state index contributed by atoms with van der Waals surface area (Å²) in [6.45, 7) is 4.96. The van der Waals surface area contributed by atoms with Gasteiger partial charge in [0.25, 0.3) is 0 Å². The third-order valence-corrected chi connectivity index (χ3v) is 0.783. The average Bonchev–Trinajstić information content (AvgIpc) is 1.59. The molecule has 2 N–H and O–H groups in total. The number of aliphatic hydroxyl groups is 2. The molecule has 0 saturated heterocycles. The summed E-state index contributed by atoms with van der Waals surface area (Å²) in [6, 6.07) is 0. The maximum absolute atomic E-state index is 9.07. The van der Waals surface area contributed by atoms with Gasteiger partial charge in [-0.15, -0.1) is 0 Å². The van der Waals surface area contributed by atoms with Gasteiger partial charge in [-0.05, 0) is 20.8 Å². The van der Waals surface area contributed by atoms with E-state index in [0.717, 1.165) is 0 Å². The molecule has 9 heavy (non-hydrogen) atoms. The van der Waals surface area contributed by atoms with Crippen molar-refractivity contribution in [3.05, 3.63) is 12.2 Å². The standard InChI is InChI=1S/C7H14O2/c1-6(8)4-5-7(2,3)9/h4-6,8-9H,1-3H3/b5-4+/t6-/m1/s1. The Morgan fingerprint density at radius 2 is 1.89 bits per heavy atom. The van der Waals surface area contributed by atoms with Crippen LogP contribution >= 0.6 is 0 Å². The Morgan fingerprint density at radius 3 is 2.00 bits per heavy atom. The summed E-state index contributed by atoms with van der Waals surface area (Å²) in [6.07, 6.45) is 2.65. The molecule has 0 aliphatic rings. The first-order valence-corrected chi connectivity index (χ1v) is 3.01. The van der Waals surface area contributed by atoms with E-state index in [-0.39, 0.29) is 0 Å². The molecule has 54 valence electrons. The van der Waals surface area contributed by atoms with Crippen LogP contribution < -0.4 is 0 Å². The summed E-state index contributed by atoms with van der Waals surface area (Å²) < 4.78 is 0. The van der Waals surface area contributed by atoms with Crippen LogP contribution in [0.2, 0.25) is 0 Å². The highest BCUT2D eigenvalue weighted by Crippen LogP contribution is 2.02. The van der Waals surface area contributed by atoms with E-state index in [0.29, 0.717) is 0 Å². The highest BCUT2D eigenvalue weighted by molar-refractivity contribution is 4.97. The Labute approximate surface area is 55.8 Å². The second-order valence-electron chi connectivity index (χ2n) is 2.75. The summed E-state index contributed by atoms with van der Waals surface area (Å²) in [5.74, 6) is 0. The average molecular weight is 130 g/mol. The van der Waals surface area contributed by atoms with Gasteiger partial charge in [0.15, 0.2) is 0 Å². The van der Waals surface area contributed by atoms with Crippen molar-refractivity contribution in [3.63, 3.8) is 0 Å². The first kappa shape index (κ1) is 8.66. The van der Waals surface area contributed by atoms with Gasteiger partial charge >= 0.3 is 0 Å². The van der Waals surface area contributed by atoms with E-state index in [1.165, 1.54) is 0 Å². The molecule has 2 nitrogen and oxygen atoms in total. The van der Waals surface area contributed by atoms with Crippen LogP contribution in [-0.4, -0.2) is 21.9 Å². The van der Waals surface area contributed by atoms with E-state index >= 15 is 0 Å². The first-order chi connectivity index (χ1) is 3.92. The number of rotatable bonds is 2. The van der Waals surface area contributed by atoms with Gasteiger partial charge in [0.1, 0.15) is 0 Å². The van der Waals surface area contributed by atoms with Crippen molar-refractivity contribution in [2.45, 2.75) is 32.5 Å². The molecule has 0 heterocycles. The van der Waals surface area contributed by atoms with Gasteiger partial charge in [0, 0.05) is 0 Å². The Balaban J connectivity index is 3.71. The highest BCUT2D eigenvalue weighted by atomic mass is 16.3. The molecule has 0 aliphatic heterocycles. The lowest BCUT2D eigenvalue weighted by Gasteiger charge is -2.10. The van der Waals surface area contributed by atoms with Crippen LogP contribution in [0.1, 0.15) is 20.8 Å². The molecular weight excluding hydrogens is 116 g/mol. The van der Waals surface area contributed by atoms with Crippen LogP contribution in [0.5, 0.6) is 0 Å². The third-order valence-electron chi connectivity index (χ3n) is 0.783. The smallest absolute Gasteiger partial charge is 0.0772 e. The van der Waals surface area contributed by atoms with Crippen LogP contribution in [0, 0.1) is 0 Å². The molecular formula is C7H14O2. The van der Waals surface area contributed by atoms with Gasteiger partial charge < -0.3 is 10.2 Å². The van der Waals surface area contributed by atoms with Gasteiger partial charge in [0.2, 0.25) is 0 Å². The lowest BCUT2D eigenvalue weighted by atomic mass is 10.1. The van der Waals surface area contributed by atoms with Crippen LogP contribution in [-0.2, 0) is 0 Å². The maximum Gasteiger partial charge on any atom is 0.0772 e. The second-order valence-corrected chi connectivity index (χ2v) is 2.75. The predicted octanol–water partition coefficient (Wildman–Crippen LogP) is 0.694.